The minimum atomic E-state index is -1.18. The van der Waals surface area contributed by atoms with Crippen LogP contribution in [-0.4, -0.2) is 154 Å². The molecule has 0 spiro atoms. The Morgan fingerprint density at radius 3 is 1.12 bits per heavy atom. The minimum Gasteiger partial charge on any atom is -0.480 e. The lowest BCUT2D eigenvalue weighted by molar-refractivity contribution is -0.141. The maximum atomic E-state index is 12.3. The quantitative estimate of drug-likeness (QED) is 0.216. The maximum Gasteiger partial charge on any atom is 0.325 e. The third kappa shape index (κ3) is 12.7. The van der Waals surface area contributed by atoms with Gasteiger partial charge in [-0.2, -0.15) is 0 Å². The number of nitrogens with zero attached hydrogens (tertiary/aromatic N) is 4. The van der Waals surface area contributed by atoms with Gasteiger partial charge < -0.3 is 25.7 Å². The van der Waals surface area contributed by atoms with Crippen molar-refractivity contribution in [1.82, 2.24) is 24.9 Å². The van der Waals surface area contributed by atoms with Crippen molar-refractivity contribution in [3.63, 3.8) is 0 Å². The summed E-state index contributed by atoms with van der Waals surface area (Å²) < 4.78 is 0. The van der Waals surface area contributed by atoms with Gasteiger partial charge in [0.05, 0.1) is 26.2 Å². The zero-order valence-corrected chi connectivity index (χ0v) is 18.7. The van der Waals surface area contributed by atoms with Gasteiger partial charge in [-0.05, 0) is 6.92 Å². The van der Waals surface area contributed by atoms with Crippen LogP contribution in [-0.2, 0) is 24.0 Å². The van der Waals surface area contributed by atoms with Crippen LogP contribution in [0.2, 0.25) is 0 Å². The van der Waals surface area contributed by atoms with Crippen molar-refractivity contribution in [3.05, 3.63) is 0 Å². The predicted octanol–water partition coefficient (Wildman–Crippen LogP) is -2.95. The molecule has 1 atom stereocenters. The topological polar surface area (TPSA) is 191 Å². The Labute approximate surface area is 191 Å². The molecule has 0 aromatic heterocycles. The number of amides is 1. The van der Waals surface area contributed by atoms with Crippen molar-refractivity contribution in [2.24, 2.45) is 0 Å². The first-order chi connectivity index (χ1) is 15.5. The number of rotatable bonds is 10. The molecule has 5 N–H and O–H groups in total. The molecule has 0 radical (unpaired) electrons. The predicted molar refractivity (Wildman–Crippen MR) is 114 cm³/mol. The van der Waals surface area contributed by atoms with Gasteiger partial charge in [0.15, 0.2) is 0 Å². The Hall–Kier alpha value is -2.81. The molecule has 1 fully saturated rings. The lowest BCUT2D eigenvalue weighted by atomic mass is 10.3. The van der Waals surface area contributed by atoms with E-state index in [1.807, 2.05) is 0 Å². The molecule has 1 rings (SSSR count). The monoisotopic (exact) mass is 475 g/mol. The van der Waals surface area contributed by atoms with Crippen molar-refractivity contribution >= 4 is 29.8 Å². The average molecular weight is 475 g/mol. The molecule has 1 aliphatic heterocycles. The number of carboxylic acids is 4. The molecule has 1 heterocycles. The van der Waals surface area contributed by atoms with E-state index in [9.17, 15) is 34.2 Å². The summed E-state index contributed by atoms with van der Waals surface area (Å²) in [5.74, 6) is -4.81. The van der Waals surface area contributed by atoms with Crippen LogP contribution < -0.4 is 5.32 Å². The zero-order valence-electron chi connectivity index (χ0n) is 18.7. The van der Waals surface area contributed by atoms with E-state index < -0.39 is 35.8 Å². The molecule has 0 aliphatic carbocycles. The van der Waals surface area contributed by atoms with E-state index >= 15 is 0 Å². The largest absolute Gasteiger partial charge is 0.480 e. The number of carboxylic acid groups (broad SMARTS) is 4. The summed E-state index contributed by atoms with van der Waals surface area (Å²) in [7, 11) is 0. The lowest BCUT2D eigenvalue weighted by Gasteiger charge is -2.32. The second-order valence-corrected chi connectivity index (χ2v) is 7.91. The fourth-order valence-corrected chi connectivity index (χ4v) is 3.34. The van der Waals surface area contributed by atoms with E-state index in [-0.39, 0.29) is 78.5 Å². The number of carbonyl (C=O) groups excluding carboxylic acids is 1. The Morgan fingerprint density at radius 1 is 0.606 bits per heavy atom. The van der Waals surface area contributed by atoms with Gasteiger partial charge in [-0.3, -0.25) is 43.6 Å². The fraction of sp³-hybridized carbons (Fsp3) is 0.737. The van der Waals surface area contributed by atoms with Gasteiger partial charge in [-0.15, -0.1) is 0 Å². The van der Waals surface area contributed by atoms with Gasteiger partial charge in [-0.1, -0.05) is 0 Å². The summed E-state index contributed by atoms with van der Waals surface area (Å²) in [4.78, 5) is 63.5. The van der Waals surface area contributed by atoms with E-state index in [1.165, 1.54) is 6.92 Å². The van der Waals surface area contributed by atoms with E-state index in [1.54, 1.807) is 19.6 Å². The van der Waals surface area contributed by atoms with Crippen LogP contribution in [0.15, 0.2) is 0 Å². The number of nitrogens with one attached hydrogen (secondary N) is 1. The fourth-order valence-electron chi connectivity index (χ4n) is 3.34. The first-order valence-corrected chi connectivity index (χ1v) is 10.5. The molecule has 0 bridgehead atoms. The molecule has 14 nitrogen and oxygen atoms in total. The van der Waals surface area contributed by atoms with Crippen LogP contribution in [0.25, 0.3) is 0 Å². The molecular weight excluding hydrogens is 442 g/mol. The van der Waals surface area contributed by atoms with Crippen LogP contribution in [0.4, 0.5) is 0 Å². The van der Waals surface area contributed by atoms with Gasteiger partial charge >= 0.3 is 23.9 Å². The normalized spacial score (nSPS) is 19.1. The summed E-state index contributed by atoms with van der Waals surface area (Å²) >= 11 is 0. The van der Waals surface area contributed by atoms with Crippen molar-refractivity contribution in [2.75, 3.05) is 78.5 Å². The number of hydrogen-bond acceptors (Lipinski definition) is 9. The second-order valence-electron chi connectivity index (χ2n) is 7.91. The molecule has 0 saturated carbocycles. The Morgan fingerprint density at radius 2 is 0.879 bits per heavy atom. The smallest absolute Gasteiger partial charge is 0.325 e. The number of hydrogen-bond donors (Lipinski definition) is 5. The van der Waals surface area contributed by atoms with E-state index in [2.05, 4.69) is 5.32 Å². The molecule has 0 aromatic rings. The standard InChI is InChI=1S/C19H33N5O9/c1-14(19(32)33)20-15(25)10-21-2-4-22(11-16(26)27)6-8-24(13-18(30)31)9-7-23(5-3-21)12-17(28)29/h14H,2-13H2,1H3,(H,20,25)(H,26,27)(H,28,29)(H,30,31)(H,32,33)/t14-/m0/s1. The van der Waals surface area contributed by atoms with Crippen molar-refractivity contribution in [3.8, 4) is 0 Å². The van der Waals surface area contributed by atoms with Gasteiger partial charge in [0.2, 0.25) is 5.91 Å². The summed E-state index contributed by atoms with van der Waals surface area (Å²) in [6.07, 6.45) is 0. The summed E-state index contributed by atoms with van der Waals surface area (Å²) in [6, 6.07) is -1.07. The van der Waals surface area contributed by atoms with Crippen molar-refractivity contribution in [2.45, 2.75) is 13.0 Å². The minimum absolute atomic E-state index is 0.134. The highest BCUT2D eigenvalue weighted by molar-refractivity contribution is 5.84. The Bertz CT molecular complexity index is 673. The molecule has 1 aliphatic rings. The van der Waals surface area contributed by atoms with Crippen LogP contribution in [0.1, 0.15) is 6.92 Å². The van der Waals surface area contributed by atoms with Gasteiger partial charge in [-0.25, -0.2) is 0 Å². The van der Waals surface area contributed by atoms with Crippen LogP contribution in [0.5, 0.6) is 0 Å². The third-order valence-electron chi connectivity index (χ3n) is 5.12. The van der Waals surface area contributed by atoms with E-state index in [0.29, 0.717) is 0 Å². The van der Waals surface area contributed by atoms with Crippen LogP contribution in [0.3, 0.4) is 0 Å². The molecular formula is C19H33N5O9. The summed E-state index contributed by atoms with van der Waals surface area (Å²) in [6.45, 7) is 2.62. The van der Waals surface area contributed by atoms with Crippen molar-refractivity contribution in [1.29, 1.82) is 0 Å². The first-order valence-electron chi connectivity index (χ1n) is 10.5. The highest BCUT2D eigenvalue weighted by Crippen LogP contribution is 2.01. The van der Waals surface area contributed by atoms with E-state index in [4.69, 9.17) is 10.2 Å². The molecule has 1 saturated heterocycles. The van der Waals surface area contributed by atoms with Crippen LogP contribution in [0, 0.1) is 0 Å². The van der Waals surface area contributed by atoms with Gasteiger partial charge in [0, 0.05) is 52.4 Å². The highest BCUT2D eigenvalue weighted by atomic mass is 16.4. The highest BCUT2D eigenvalue weighted by Gasteiger charge is 2.22. The average Bonchev–Trinajstić information content (AvgIpc) is 2.68. The second kappa shape index (κ2) is 14.4. The van der Waals surface area contributed by atoms with Gasteiger partial charge in [0.1, 0.15) is 6.04 Å². The summed E-state index contributed by atoms with van der Waals surface area (Å²) in [5.41, 5.74) is 0. The third-order valence-corrected chi connectivity index (χ3v) is 5.12. The zero-order chi connectivity index (χ0) is 25.0. The number of carbonyl (C=O) groups is 5. The summed E-state index contributed by atoms with van der Waals surface area (Å²) in [5, 5.41) is 38.9. The SMILES string of the molecule is C[C@H](NC(=O)CN1CCN(CC(=O)O)CCN(CC(=O)O)CCN(CC(=O)O)CC1)C(=O)O. The van der Waals surface area contributed by atoms with Crippen LogP contribution >= 0.6 is 0 Å². The Balaban J connectivity index is 2.95. The first kappa shape index (κ1) is 28.2. The molecule has 0 unspecified atom stereocenters. The van der Waals surface area contributed by atoms with Gasteiger partial charge in [0.25, 0.3) is 0 Å². The maximum absolute atomic E-state index is 12.3. The lowest BCUT2D eigenvalue weighted by Crippen LogP contribution is -2.50. The molecule has 1 amide bonds. The van der Waals surface area contributed by atoms with Crippen molar-refractivity contribution < 1.29 is 44.4 Å². The molecule has 33 heavy (non-hydrogen) atoms. The molecule has 14 heteroatoms. The number of aliphatic carboxylic acids is 4. The molecule has 188 valence electrons. The molecule has 0 aromatic carbocycles. The Kier molecular flexibility index (Phi) is 12.3. The van der Waals surface area contributed by atoms with E-state index in [0.717, 1.165) is 0 Å².